The maximum absolute atomic E-state index is 8.49. The van der Waals surface area contributed by atoms with Crippen LogP contribution in [0, 0.1) is 24.1 Å². The number of benzene rings is 5. The van der Waals surface area contributed by atoms with E-state index in [0.29, 0.717) is 0 Å². The molecular formula is C36H32ClN3O4. The molecule has 1 heterocycles. The van der Waals surface area contributed by atoms with Gasteiger partial charge in [-0.25, -0.2) is 23.2 Å². The SMILES string of the molecule is Cc1cccc(N(Cc2ccccc2)C2=NC(=[N+](Cc3ccccc3)c3cccc(C)c3)c3ccccc32)c1.[O-][Cl+3]([O-])([O-])[O-]. The number of hydrogen-bond donors (Lipinski definition) is 0. The minimum atomic E-state index is -4.94. The number of amidine groups is 2. The summed E-state index contributed by atoms with van der Waals surface area (Å²) >= 11 is 0. The Labute approximate surface area is 259 Å². The first-order valence-electron chi connectivity index (χ1n) is 14.1. The molecule has 0 aliphatic carbocycles. The highest BCUT2D eigenvalue weighted by Gasteiger charge is 2.36. The van der Waals surface area contributed by atoms with Crippen LogP contribution in [0.2, 0.25) is 0 Å². The molecule has 5 aromatic rings. The molecule has 0 amide bonds. The first kappa shape index (κ1) is 30.8. The van der Waals surface area contributed by atoms with Crippen molar-refractivity contribution >= 4 is 23.0 Å². The second-order valence-electron chi connectivity index (χ2n) is 10.5. The molecule has 1 aliphatic rings. The lowest BCUT2D eigenvalue weighted by Gasteiger charge is -2.23. The van der Waals surface area contributed by atoms with Gasteiger partial charge in [0.2, 0.25) is 0 Å². The summed E-state index contributed by atoms with van der Waals surface area (Å²) in [7, 11) is -4.94. The number of nitrogens with zero attached hydrogens (tertiary/aromatic N) is 3. The second-order valence-corrected chi connectivity index (χ2v) is 11.3. The first-order chi connectivity index (χ1) is 21.2. The monoisotopic (exact) mass is 605 g/mol. The van der Waals surface area contributed by atoms with Gasteiger partial charge in [-0.3, -0.25) is 0 Å². The van der Waals surface area contributed by atoms with Gasteiger partial charge in [0.05, 0.1) is 17.7 Å². The number of fused-ring (bicyclic) bond motifs is 1. The molecule has 6 rings (SSSR count). The Morgan fingerprint density at radius 2 is 1.16 bits per heavy atom. The summed E-state index contributed by atoms with van der Waals surface area (Å²) in [5.74, 6) is 1.95. The van der Waals surface area contributed by atoms with E-state index >= 15 is 0 Å². The molecule has 1 aliphatic heterocycles. The largest absolute Gasteiger partial charge is 0.334 e. The summed E-state index contributed by atoms with van der Waals surface area (Å²) in [6.07, 6.45) is 0. The molecule has 0 spiro atoms. The Kier molecular flexibility index (Phi) is 9.65. The van der Waals surface area contributed by atoms with Gasteiger partial charge in [-0.2, -0.15) is 0 Å². The van der Waals surface area contributed by atoms with Gasteiger partial charge in [-0.1, -0.05) is 97.1 Å². The minimum absolute atomic E-state index is 0.730. The summed E-state index contributed by atoms with van der Waals surface area (Å²) in [5.41, 5.74) is 9.52. The van der Waals surface area contributed by atoms with E-state index in [1.54, 1.807) is 0 Å². The van der Waals surface area contributed by atoms with Gasteiger partial charge in [-0.05, 0) is 77.5 Å². The summed E-state index contributed by atoms with van der Waals surface area (Å²) in [6.45, 7) is 5.75. The average Bonchev–Trinajstić information content (AvgIpc) is 3.38. The lowest BCUT2D eigenvalue weighted by Crippen LogP contribution is -2.68. The Hall–Kier alpha value is -4.63. The van der Waals surface area contributed by atoms with Crippen LogP contribution in [0.4, 0.5) is 11.4 Å². The predicted octanol–water partition coefficient (Wildman–Crippen LogP) is 3.31. The van der Waals surface area contributed by atoms with Crippen molar-refractivity contribution < 1.29 is 33.5 Å². The number of aliphatic imine (C=N–C) groups is 1. The molecule has 0 unspecified atom stereocenters. The molecule has 0 fully saturated rings. The standard InChI is InChI=1S/C36H32N3.ClHO4/c1-27-13-11-19-31(23-27)38(25-29-15-5-3-6-16-29)35-33-21-9-10-22-34(33)36(37-35)39(26-30-17-7-4-8-18-30)32-20-12-14-28(2)24-32;2-1(3,4)5/h3-24H,25-26H2,1-2H3;(H,2,3,4,5)/q+1;/p-1. The molecule has 44 heavy (non-hydrogen) atoms. The van der Waals surface area contributed by atoms with Crippen molar-refractivity contribution in [3.8, 4) is 0 Å². The number of anilines is 1. The van der Waals surface area contributed by atoms with Crippen molar-refractivity contribution in [3.05, 3.63) is 167 Å². The van der Waals surface area contributed by atoms with Crippen molar-refractivity contribution in [2.45, 2.75) is 26.9 Å². The van der Waals surface area contributed by atoms with Crippen molar-refractivity contribution in [2.75, 3.05) is 4.90 Å². The molecule has 0 N–H and O–H groups in total. The lowest BCUT2D eigenvalue weighted by molar-refractivity contribution is -2.00. The zero-order valence-electron chi connectivity index (χ0n) is 24.5. The van der Waals surface area contributed by atoms with E-state index in [1.165, 1.54) is 22.3 Å². The van der Waals surface area contributed by atoms with Gasteiger partial charge in [0, 0.05) is 5.69 Å². The third kappa shape index (κ3) is 8.05. The minimum Gasteiger partial charge on any atom is -0.301 e. The molecule has 0 saturated carbocycles. The van der Waals surface area contributed by atoms with E-state index in [0.717, 1.165) is 47.3 Å². The fraction of sp³-hybridized carbons (Fsp3) is 0.111. The van der Waals surface area contributed by atoms with Crippen molar-refractivity contribution in [1.29, 1.82) is 0 Å². The average molecular weight is 606 g/mol. The van der Waals surface area contributed by atoms with Gasteiger partial charge in [0.1, 0.15) is 12.2 Å². The fourth-order valence-corrected chi connectivity index (χ4v) is 5.21. The topological polar surface area (TPSA) is 111 Å². The van der Waals surface area contributed by atoms with E-state index in [1.807, 2.05) is 0 Å². The van der Waals surface area contributed by atoms with Crippen LogP contribution in [-0.2, 0) is 13.1 Å². The summed E-state index contributed by atoms with van der Waals surface area (Å²) in [6, 6.07) is 47.3. The Bertz CT molecular complexity index is 1780. The Morgan fingerprint density at radius 1 is 0.614 bits per heavy atom. The van der Waals surface area contributed by atoms with E-state index < -0.39 is 10.2 Å². The smallest absolute Gasteiger partial charge is 0.301 e. The molecule has 0 aromatic heterocycles. The zero-order chi connectivity index (χ0) is 31.1. The van der Waals surface area contributed by atoms with Gasteiger partial charge in [0.25, 0.3) is 5.84 Å². The lowest BCUT2D eigenvalue weighted by atomic mass is 10.1. The highest BCUT2D eigenvalue weighted by atomic mass is 35.7. The van der Waals surface area contributed by atoms with Crippen LogP contribution in [0.3, 0.4) is 0 Å². The summed E-state index contributed by atoms with van der Waals surface area (Å²) in [4.78, 5) is 7.80. The van der Waals surface area contributed by atoms with E-state index in [4.69, 9.17) is 23.6 Å². The molecule has 0 saturated heterocycles. The van der Waals surface area contributed by atoms with E-state index in [-0.39, 0.29) is 0 Å². The molecule has 0 bridgehead atoms. The van der Waals surface area contributed by atoms with Crippen molar-refractivity contribution in [2.24, 2.45) is 4.99 Å². The fourth-order valence-electron chi connectivity index (χ4n) is 5.21. The molecular weight excluding hydrogens is 574 g/mol. The van der Waals surface area contributed by atoms with E-state index in [9.17, 15) is 0 Å². The maximum atomic E-state index is 8.49. The van der Waals surface area contributed by atoms with Gasteiger partial charge < -0.3 is 4.90 Å². The third-order valence-electron chi connectivity index (χ3n) is 7.13. The zero-order valence-corrected chi connectivity index (χ0v) is 25.2. The molecule has 7 nitrogen and oxygen atoms in total. The van der Waals surface area contributed by atoms with Crippen LogP contribution in [-0.4, -0.2) is 16.2 Å². The maximum Gasteiger partial charge on any atom is 0.334 e. The van der Waals surface area contributed by atoms with E-state index in [2.05, 4.69) is 157 Å². The number of rotatable bonds is 6. The van der Waals surface area contributed by atoms with Crippen LogP contribution in [0.1, 0.15) is 33.4 Å². The van der Waals surface area contributed by atoms with Crippen molar-refractivity contribution in [3.63, 3.8) is 0 Å². The Morgan fingerprint density at radius 3 is 1.77 bits per heavy atom. The molecule has 0 radical (unpaired) electrons. The highest BCUT2D eigenvalue weighted by Crippen LogP contribution is 2.30. The second kappa shape index (κ2) is 13.8. The van der Waals surface area contributed by atoms with Gasteiger partial charge in [-0.15, -0.1) is 10.2 Å². The molecule has 5 aromatic carbocycles. The number of hydrogen-bond acceptors (Lipinski definition) is 5. The van der Waals surface area contributed by atoms with Crippen LogP contribution in [0.25, 0.3) is 0 Å². The quantitative estimate of drug-likeness (QED) is 0.276. The van der Waals surface area contributed by atoms with Crippen LogP contribution in [0.5, 0.6) is 0 Å². The van der Waals surface area contributed by atoms with Crippen LogP contribution in [0.15, 0.2) is 138 Å². The number of halogens is 1. The first-order valence-corrected chi connectivity index (χ1v) is 15.3. The summed E-state index contributed by atoms with van der Waals surface area (Å²) in [5, 5.41) is 0. The van der Waals surface area contributed by atoms with Crippen LogP contribution < -0.4 is 23.5 Å². The molecule has 0 atom stereocenters. The normalized spacial score (nSPS) is 13.4. The summed E-state index contributed by atoms with van der Waals surface area (Å²) < 4.78 is 36.3. The predicted molar refractivity (Wildman–Crippen MR) is 162 cm³/mol. The van der Waals surface area contributed by atoms with Crippen LogP contribution >= 0.6 is 0 Å². The molecule has 8 heteroatoms. The van der Waals surface area contributed by atoms with Crippen molar-refractivity contribution in [1.82, 2.24) is 0 Å². The third-order valence-corrected chi connectivity index (χ3v) is 7.13. The number of aryl methyl sites for hydroxylation is 2. The molecule has 222 valence electrons. The highest BCUT2D eigenvalue weighted by molar-refractivity contribution is 6.25. The van der Waals surface area contributed by atoms with Gasteiger partial charge in [0.15, 0.2) is 0 Å². The van der Waals surface area contributed by atoms with Gasteiger partial charge >= 0.3 is 5.84 Å². The Balaban J connectivity index is 0.000000712.